The van der Waals surface area contributed by atoms with E-state index in [2.05, 4.69) is 36.9 Å². The van der Waals surface area contributed by atoms with E-state index in [0.717, 1.165) is 72.0 Å². The highest BCUT2D eigenvalue weighted by molar-refractivity contribution is 7.89. The van der Waals surface area contributed by atoms with Crippen LogP contribution in [0.5, 0.6) is 0 Å². The monoisotopic (exact) mass is 573 g/mol. The third-order valence-corrected chi connectivity index (χ3v) is 8.79. The Labute approximate surface area is 239 Å². The first-order chi connectivity index (χ1) is 19.5. The number of nitrogens with one attached hydrogen (secondary N) is 3. The van der Waals surface area contributed by atoms with E-state index in [1.165, 1.54) is 0 Å². The molecule has 5 aromatic rings. The average molecular weight is 574 g/mol. The fourth-order valence-electron chi connectivity index (χ4n) is 5.02. The van der Waals surface area contributed by atoms with Gasteiger partial charge in [0.25, 0.3) is 0 Å². The predicted octanol–water partition coefficient (Wildman–Crippen LogP) is 3.84. The molecule has 0 radical (unpaired) electrons. The summed E-state index contributed by atoms with van der Waals surface area (Å²) in [5, 5.41) is 8.02. The second-order valence-corrected chi connectivity index (χ2v) is 13.3. The van der Waals surface area contributed by atoms with Gasteiger partial charge >= 0.3 is 0 Å². The zero-order chi connectivity index (χ0) is 28.8. The van der Waals surface area contributed by atoms with E-state index in [9.17, 15) is 8.42 Å². The summed E-state index contributed by atoms with van der Waals surface area (Å²) >= 11 is 0. The number of nitrogens with zero attached hydrogens (tertiary/aromatic N) is 6. The van der Waals surface area contributed by atoms with Crippen LogP contribution in [0.3, 0.4) is 0 Å². The van der Waals surface area contributed by atoms with Gasteiger partial charge in [-0.15, -0.1) is 5.10 Å². The van der Waals surface area contributed by atoms with E-state index in [1.54, 1.807) is 28.9 Å². The van der Waals surface area contributed by atoms with Crippen molar-refractivity contribution in [2.24, 2.45) is 0 Å². The highest BCUT2D eigenvalue weighted by Crippen LogP contribution is 2.26. The predicted molar refractivity (Wildman–Crippen MR) is 161 cm³/mol. The Hall–Kier alpha value is -3.84. The van der Waals surface area contributed by atoms with Crippen LogP contribution in [0.15, 0.2) is 65.7 Å². The Morgan fingerprint density at radius 3 is 2.59 bits per heavy atom. The SMILES string of the molecule is CN1CCN(Cc2nc3ccc(Nc4ncc5ccc(-c6cccc(S(=O)(=O)NC(C)(C)C)c6)n5n4)cc3[nH]2)CC1. The van der Waals surface area contributed by atoms with E-state index >= 15 is 0 Å². The van der Waals surface area contributed by atoms with Crippen LogP contribution < -0.4 is 10.0 Å². The van der Waals surface area contributed by atoms with Gasteiger partial charge in [0.2, 0.25) is 16.0 Å². The van der Waals surface area contributed by atoms with Crippen LogP contribution in [0.1, 0.15) is 26.6 Å². The summed E-state index contributed by atoms with van der Waals surface area (Å²) in [5.74, 6) is 1.38. The van der Waals surface area contributed by atoms with E-state index in [-0.39, 0.29) is 4.90 Å². The van der Waals surface area contributed by atoms with Crippen LogP contribution in [0.2, 0.25) is 0 Å². The van der Waals surface area contributed by atoms with Crippen molar-refractivity contribution in [3.8, 4) is 11.3 Å². The number of imidazole rings is 1. The van der Waals surface area contributed by atoms with Gasteiger partial charge in [0.1, 0.15) is 5.82 Å². The Morgan fingerprint density at radius 2 is 1.80 bits per heavy atom. The molecule has 1 fully saturated rings. The van der Waals surface area contributed by atoms with Gasteiger partial charge in [-0.3, -0.25) is 4.90 Å². The first kappa shape index (κ1) is 27.3. The van der Waals surface area contributed by atoms with Gasteiger partial charge in [-0.1, -0.05) is 12.1 Å². The number of aromatic amines is 1. The van der Waals surface area contributed by atoms with E-state index in [0.29, 0.717) is 5.95 Å². The molecule has 214 valence electrons. The van der Waals surface area contributed by atoms with Crippen molar-refractivity contribution < 1.29 is 8.42 Å². The summed E-state index contributed by atoms with van der Waals surface area (Å²) in [7, 11) is -1.52. The molecule has 3 aromatic heterocycles. The van der Waals surface area contributed by atoms with Gasteiger partial charge in [0.05, 0.1) is 39.9 Å². The molecule has 0 bridgehead atoms. The van der Waals surface area contributed by atoms with Crippen LogP contribution >= 0.6 is 0 Å². The zero-order valence-corrected chi connectivity index (χ0v) is 24.5. The molecule has 0 amide bonds. The molecule has 0 unspecified atom stereocenters. The summed E-state index contributed by atoms with van der Waals surface area (Å²) in [6, 6.07) is 16.7. The van der Waals surface area contributed by atoms with Crippen molar-refractivity contribution in [1.29, 1.82) is 0 Å². The van der Waals surface area contributed by atoms with Crippen LogP contribution in [0.4, 0.5) is 11.6 Å². The number of fused-ring (bicyclic) bond motifs is 2. The molecular formula is C29H35N9O2S. The lowest BCUT2D eigenvalue weighted by Crippen LogP contribution is -2.44. The molecule has 1 saturated heterocycles. The second kappa shape index (κ2) is 10.5. The number of sulfonamides is 1. The summed E-state index contributed by atoms with van der Waals surface area (Å²) in [6.07, 6.45) is 1.74. The zero-order valence-electron chi connectivity index (χ0n) is 23.7. The molecule has 1 aliphatic rings. The number of anilines is 2. The minimum atomic E-state index is -3.68. The lowest BCUT2D eigenvalue weighted by molar-refractivity contribution is 0.146. The standard InChI is InChI=1S/C29H35N9O2S/c1-29(2,3)35-41(39,40)23-7-5-6-20(16-23)26-11-9-22-18-30-28(34-38(22)26)31-21-8-10-24-25(17-21)33-27(32-24)19-37-14-12-36(4)13-15-37/h5-11,16-18,35H,12-15,19H2,1-4H3,(H,31,34)(H,32,33). The molecule has 41 heavy (non-hydrogen) atoms. The molecule has 6 rings (SSSR count). The molecule has 0 atom stereocenters. The maximum absolute atomic E-state index is 12.9. The number of piperazine rings is 1. The number of likely N-dealkylation sites (N-methyl/N-ethyl adjacent to an activating group) is 1. The van der Waals surface area contributed by atoms with Crippen molar-refractivity contribution in [2.45, 2.75) is 37.8 Å². The van der Waals surface area contributed by atoms with Crippen molar-refractivity contribution >= 4 is 38.2 Å². The van der Waals surface area contributed by atoms with E-state index < -0.39 is 15.6 Å². The van der Waals surface area contributed by atoms with Crippen molar-refractivity contribution in [3.05, 3.63) is 66.6 Å². The first-order valence-electron chi connectivity index (χ1n) is 13.7. The maximum Gasteiger partial charge on any atom is 0.245 e. The minimum absolute atomic E-state index is 0.201. The number of benzene rings is 2. The molecule has 0 spiro atoms. The largest absolute Gasteiger partial charge is 0.341 e. The van der Waals surface area contributed by atoms with E-state index in [1.807, 2.05) is 57.2 Å². The molecule has 12 heteroatoms. The molecule has 0 saturated carbocycles. The van der Waals surface area contributed by atoms with Crippen LogP contribution in [-0.4, -0.2) is 81.5 Å². The normalized spacial score (nSPS) is 15.6. The number of H-pyrrole nitrogens is 1. The van der Waals surface area contributed by atoms with Crippen LogP contribution in [0, 0.1) is 0 Å². The fraction of sp³-hybridized carbons (Fsp3) is 0.345. The minimum Gasteiger partial charge on any atom is -0.341 e. The third kappa shape index (κ3) is 6.10. The first-order valence-corrected chi connectivity index (χ1v) is 15.2. The van der Waals surface area contributed by atoms with Gasteiger partial charge in [-0.25, -0.2) is 27.6 Å². The van der Waals surface area contributed by atoms with Gasteiger partial charge in [0.15, 0.2) is 0 Å². The van der Waals surface area contributed by atoms with Crippen molar-refractivity contribution in [2.75, 3.05) is 38.5 Å². The molecule has 4 heterocycles. The quantitative estimate of drug-likeness (QED) is 0.268. The number of aromatic nitrogens is 5. The molecule has 1 aliphatic heterocycles. The molecule has 0 aliphatic carbocycles. The number of rotatable bonds is 7. The molecule has 11 nitrogen and oxygen atoms in total. The number of hydrogen-bond acceptors (Lipinski definition) is 8. The maximum atomic E-state index is 12.9. The van der Waals surface area contributed by atoms with Crippen LogP contribution in [0.25, 0.3) is 27.8 Å². The summed E-state index contributed by atoms with van der Waals surface area (Å²) in [5.41, 5.74) is 4.40. The number of hydrogen-bond donors (Lipinski definition) is 3. The molecule has 3 N–H and O–H groups in total. The smallest absolute Gasteiger partial charge is 0.245 e. The van der Waals surface area contributed by atoms with Crippen molar-refractivity contribution in [1.82, 2.24) is 39.1 Å². The Kier molecular flexibility index (Phi) is 7.02. The average Bonchev–Trinajstić information content (AvgIpc) is 3.52. The third-order valence-electron chi connectivity index (χ3n) is 7.04. The van der Waals surface area contributed by atoms with Crippen molar-refractivity contribution in [3.63, 3.8) is 0 Å². The Balaban J connectivity index is 1.24. The summed E-state index contributed by atoms with van der Waals surface area (Å²) in [4.78, 5) is 17.7. The Morgan fingerprint density at radius 1 is 1.00 bits per heavy atom. The fourth-order valence-corrected chi connectivity index (χ4v) is 6.49. The molecule has 2 aromatic carbocycles. The highest BCUT2D eigenvalue weighted by Gasteiger charge is 2.23. The lowest BCUT2D eigenvalue weighted by atomic mass is 10.1. The van der Waals surface area contributed by atoms with Gasteiger partial charge in [-0.2, -0.15) is 0 Å². The summed E-state index contributed by atoms with van der Waals surface area (Å²) in [6.45, 7) is 10.5. The van der Waals surface area contributed by atoms with E-state index in [4.69, 9.17) is 10.1 Å². The van der Waals surface area contributed by atoms with Gasteiger partial charge in [-0.05, 0) is 70.3 Å². The highest BCUT2D eigenvalue weighted by atomic mass is 32.2. The van der Waals surface area contributed by atoms with Crippen LogP contribution in [-0.2, 0) is 16.6 Å². The Bertz CT molecular complexity index is 1810. The summed E-state index contributed by atoms with van der Waals surface area (Å²) < 4.78 is 30.3. The lowest BCUT2D eigenvalue weighted by Gasteiger charge is -2.31. The molecular weight excluding hydrogens is 538 g/mol. The second-order valence-electron chi connectivity index (χ2n) is 11.6. The topological polar surface area (TPSA) is 124 Å². The van der Waals surface area contributed by atoms with Gasteiger partial charge in [0, 0.05) is 43.0 Å². The van der Waals surface area contributed by atoms with Gasteiger partial charge < -0.3 is 15.2 Å².